The molecule has 2 amide bonds. The molecule has 0 atom stereocenters. The van der Waals surface area contributed by atoms with E-state index in [1.54, 1.807) is 24.3 Å². The molecule has 2 N–H and O–H groups in total. The lowest BCUT2D eigenvalue weighted by Gasteiger charge is -2.13. The van der Waals surface area contributed by atoms with Crippen LogP contribution in [0.2, 0.25) is 0 Å². The predicted molar refractivity (Wildman–Crippen MR) is 89.6 cm³/mol. The molecule has 1 rings (SSSR count). The van der Waals surface area contributed by atoms with Crippen LogP contribution in [0, 0.1) is 0 Å². The van der Waals surface area contributed by atoms with Crippen molar-refractivity contribution >= 4 is 23.3 Å². The number of anilines is 1. The fourth-order valence-electron chi connectivity index (χ4n) is 1.78. The van der Waals surface area contributed by atoms with Crippen LogP contribution in [-0.2, 0) is 19.1 Å². The first kappa shape index (κ1) is 19.5. The van der Waals surface area contributed by atoms with Crippen molar-refractivity contribution in [1.29, 1.82) is 0 Å². The maximum atomic E-state index is 12.0. The summed E-state index contributed by atoms with van der Waals surface area (Å²) < 4.78 is 9.89. The minimum atomic E-state index is -0.545. The van der Waals surface area contributed by atoms with Gasteiger partial charge in [-0.05, 0) is 38.1 Å². The van der Waals surface area contributed by atoms with E-state index < -0.39 is 18.1 Å². The molecule has 0 aliphatic heterocycles. The van der Waals surface area contributed by atoms with Crippen LogP contribution in [0.3, 0.4) is 0 Å². The summed E-state index contributed by atoms with van der Waals surface area (Å²) in [6, 6.07) is 6.51. The Kier molecular flexibility index (Phi) is 7.81. The third-order valence-corrected chi connectivity index (χ3v) is 3.22. The van der Waals surface area contributed by atoms with Crippen LogP contribution >= 0.6 is 0 Å². The number of Topliss-reactive ketones (excluding diaryl/α,β-unsaturated/α-hetero) is 1. The van der Waals surface area contributed by atoms with Gasteiger partial charge in [-0.1, -0.05) is 0 Å². The van der Waals surface area contributed by atoms with Crippen LogP contribution in [0.15, 0.2) is 35.9 Å². The third kappa shape index (κ3) is 6.31. The zero-order valence-corrected chi connectivity index (χ0v) is 14.2. The minimum Gasteiger partial charge on any atom is -0.354 e. The van der Waals surface area contributed by atoms with Crippen molar-refractivity contribution in [1.82, 2.24) is 5.32 Å². The molecule has 7 nitrogen and oxygen atoms in total. The van der Waals surface area contributed by atoms with Gasteiger partial charge < -0.3 is 20.1 Å². The number of ether oxygens (including phenoxy) is 2. The van der Waals surface area contributed by atoms with Gasteiger partial charge >= 0.3 is 0 Å². The SMILES string of the molecule is COC(CNC(=O)/C=C(/C)C(=O)Nc1ccc(C(C)=O)cc1)OC. The van der Waals surface area contributed by atoms with E-state index in [0.29, 0.717) is 11.3 Å². The van der Waals surface area contributed by atoms with Gasteiger partial charge in [-0.3, -0.25) is 14.4 Å². The van der Waals surface area contributed by atoms with Gasteiger partial charge in [-0.25, -0.2) is 0 Å². The smallest absolute Gasteiger partial charge is 0.251 e. The number of benzene rings is 1. The quantitative estimate of drug-likeness (QED) is 0.427. The van der Waals surface area contributed by atoms with Gasteiger partial charge in [0, 0.05) is 37.1 Å². The maximum Gasteiger partial charge on any atom is 0.251 e. The normalized spacial score (nSPS) is 11.3. The average molecular weight is 334 g/mol. The number of hydrogen-bond donors (Lipinski definition) is 2. The molecule has 1 aromatic rings. The van der Waals surface area contributed by atoms with Gasteiger partial charge in [-0.15, -0.1) is 0 Å². The van der Waals surface area contributed by atoms with Gasteiger partial charge in [0.1, 0.15) is 0 Å². The molecule has 0 spiro atoms. The largest absolute Gasteiger partial charge is 0.354 e. The van der Waals surface area contributed by atoms with Crippen molar-refractivity contribution in [2.45, 2.75) is 20.1 Å². The first-order valence-electron chi connectivity index (χ1n) is 7.31. The summed E-state index contributed by atoms with van der Waals surface area (Å²) in [7, 11) is 2.93. The molecule has 0 aliphatic rings. The zero-order chi connectivity index (χ0) is 18.1. The van der Waals surface area contributed by atoms with E-state index in [2.05, 4.69) is 10.6 Å². The number of amides is 2. The Morgan fingerprint density at radius 2 is 1.67 bits per heavy atom. The van der Waals surface area contributed by atoms with E-state index in [9.17, 15) is 14.4 Å². The van der Waals surface area contributed by atoms with Crippen LogP contribution in [0.1, 0.15) is 24.2 Å². The van der Waals surface area contributed by atoms with Crippen molar-refractivity contribution in [3.8, 4) is 0 Å². The second-order valence-corrected chi connectivity index (χ2v) is 5.06. The van der Waals surface area contributed by atoms with E-state index in [1.165, 1.54) is 34.1 Å². The van der Waals surface area contributed by atoms with Crippen molar-refractivity contribution in [3.63, 3.8) is 0 Å². The summed E-state index contributed by atoms with van der Waals surface area (Å²) in [5.74, 6) is -0.879. The summed E-state index contributed by atoms with van der Waals surface area (Å²) in [6.45, 7) is 3.17. The lowest BCUT2D eigenvalue weighted by atomic mass is 10.1. The van der Waals surface area contributed by atoms with E-state index in [1.807, 2.05) is 0 Å². The van der Waals surface area contributed by atoms with Crippen LogP contribution in [0.5, 0.6) is 0 Å². The Morgan fingerprint density at radius 3 is 2.17 bits per heavy atom. The van der Waals surface area contributed by atoms with Crippen LogP contribution in [0.25, 0.3) is 0 Å². The highest BCUT2D eigenvalue weighted by Gasteiger charge is 2.10. The molecular weight excluding hydrogens is 312 g/mol. The summed E-state index contributed by atoms with van der Waals surface area (Å²) in [5, 5.41) is 5.22. The van der Waals surface area contributed by atoms with E-state index in [0.717, 1.165) is 0 Å². The van der Waals surface area contributed by atoms with Crippen molar-refractivity contribution in [3.05, 3.63) is 41.5 Å². The van der Waals surface area contributed by atoms with Gasteiger partial charge in [-0.2, -0.15) is 0 Å². The molecule has 0 aromatic heterocycles. The molecule has 24 heavy (non-hydrogen) atoms. The van der Waals surface area contributed by atoms with E-state index in [-0.39, 0.29) is 17.9 Å². The monoisotopic (exact) mass is 334 g/mol. The lowest BCUT2D eigenvalue weighted by Crippen LogP contribution is -2.33. The molecule has 0 bridgehead atoms. The fourth-order valence-corrected chi connectivity index (χ4v) is 1.78. The molecule has 0 saturated carbocycles. The maximum absolute atomic E-state index is 12.0. The molecule has 0 aliphatic carbocycles. The van der Waals surface area contributed by atoms with E-state index in [4.69, 9.17) is 9.47 Å². The Bertz CT molecular complexity index is 618. The topological polar surface area (TPSA) is 93.7 Å². The number of nitrogens with one attached hydrogen (secondary N) is 2. The molecular formula is C17H22N2O5. The van der Waals surface area contributed by atoms with Gasteiger partial charge in [0.05, 0.1) is 6.54 Å². The van der Waals surface area contributed by atoms with Crippen molar-refractivity contribution in [2.75, 3.05) is 26.1 Å². The van der Waals surface area contributed by atoms with Crippen LogP contribution in [0.4, 0.5) is 5.69 Å². The zero-order valence-electron chi connectivity index (χ0n) is 14.2. The third-order valence-electron chi connectivity index (χ3n) is 3.22. The van der Waals surface area contributed by atoms with Crippen LogP contribution in [-0.4, -0.2) is 44.7 Å². The van der Waals surface area contributed by atoms with Crippen LogP contribution < -0.4 is 10.6 Å². The fraction of sp³-hybridized carbons (Fsp3) is 0.353. The highest BCUT2D eigenvalue weighted by Crippen LogP contribution is 2.11. The highest BCUT2D eigenvalue weighted by atomic mass is 16.7. The predicted octanol–water partition coefficient (Wildman–Crippen LogP) is 1.51. The average Bonchev–Trinajstić information content (AvgIpc) is 2.56. The van der Waals surface area contributed by atoms with Gasteiger partial charge in [0.15, 0.2) is 12.1 Å². The molecule has 1 aromatic carbocycles. The molecule has 130 valence electrons. The summed E-state index contributed by atoms with van der Waals surface area (Å²) in [6.07, 6.45) is 0.651. The number of methoxy groups -OCH3 is 2. The Labute approximate surface area is 141 Å². The summed E-state index contributed by atoms with van der Waals surface area (Å²) >= 11 is 0. The second kappa shape index (κ2) is 9.59. The number of hydrogen-bond acceptors (Lipinski definition) is 5. The Hall–Kier alpha value is -2.51. The molecule has 0 saturated heterocycles. The standard InChI is InChI=1S/C17H22N2O5/c1-11(9-15(21)18-10-16(23-3)24-4)17(22)19-14-7-5-13(6-8-14)12(2)20/h5-9,16H,10H2,1-4H3,(H,18,21)(H,19,22)/b11-9-. The molecule has 0 fully saturated rings. The van der Waals surface area contributed by atoms with Gasteiger partial charge in [0.2, 0.25) is 5.91 Å². The number of carbonyl (C=O) groups is 3. The molecule has 0 heterocycles. The highest BCUT2D eigenvalue weighted by molar-refractivity contribution is 6.07. The molecule has 7 heteroatoms. The first-order chi connectivity index (χ1) is 11.4. The number of carbonyl (C=O) groups excluding carboxylic acids is 3. The minimum absolute atomic E-state index is 0.0500. The van der Waals surface area contributed by atoms with Gasteiger partial charge in [0.25, 0.3) is 5.91 Å². The first-order valence-corrected chi connectivity index (χ1v) is 7.31. The second-order valence-electron chi connectivity index (χ2n) is 5.06. The Morgan fingerprint density at radius 1 is 1.08 bits per heavy atom. The van der Waals surface area contributed by atoms with E-state index >= 15 is 0 Å². The molecule has 0 unspecified atom stereocenters. The summed E-state index contributed by atoms with van der Waals surface area (Å²) in [4.78, 5) is 35.0. The Balaban J connectivity index is 2.59. The van der Waals surface area contributed by atoms with Crippen molar-refractivity contribution < 1.29 is 23.9 Å². The number of ketones is 1. The number of rotatable bonds is 8. The lowest BCUT2D eigenvalue weighted by molar-refractivity contribution is -0.123. The molecule has 0 radical (unpaired) electrons. The summed E-state index contributed by atoms with van der Waals surface area (Å²) in [5.41, 5.74) is 1.34. The van der Waals surface area contributed by atoms with Crippen molar-refractivity contribution in [2.24, 2.45) is 0 Å².